The van der Waals surface area contributed by atoms with Gasteiger partial charge in [0.1, 0.15) is 0 Å². The van der Waals surface area contributed by atoms with Gasteiger partial charge in [0, 0.05) is 36.9 Å². The number of hydrogen-bond donors (Lipinski definition) is 1. The van der Waals surface area contributed by atoms with Gasteiger partial charge in [0.05, 0.1) is 13.2 Å². The quantitative estimate of drug-likeness (QED) is 0.875. The van der Waals surface area contributed by atoms with Gasteiger partial charge in [-0.15, -0.1) is 0 Å². The van der Waals surface area contributed by atoms with Gasteiger partial charge in [0.25, 0.3) is 0 Å². The van der Waals surface area contributed by atoms with Crippen molar-refractivity contribution in [3.8, 4) is 5.88 Å². The van der Waals surface area contributed by atoms with Crippen LogP contribution in [0, 0.1) is 5.41 Å². The van der Waals surface area contributed by atoms with Gasteiger partial charge in [-0.2, -0.15) is 0 Å². The molecule has 2 aliphatic carbocycles. The molecule has 1 heterocycles. The molecule has 2 saturated carbocycles. The van der Waals surface area contributed by atoms with Crippen molar-refractivity contribution < 1.29 is 9.47 Å². The molecule has 1 spiro atoms. The van der Waals surface area contributed by atoms with Crippen LogP contribution in [0.25, 0.3) is 0 Å². The van der Waals surface area contributed by atoms with Crippen LogP contribution >= 0.6 is 0 Å². The topological polar surface area (TPSA) is 43.4 Å². The van der Waals surface area contributed by atoms with Crippen LogP contribution in [0.4, 0.5) is 0 Å². The van der Waals surface area contributed by atoms with E-state index >= 15 is 0 Å². The van der Waals surface area contributed by atoms with E-state index in [4.69, 9.17) is 9.47 Å². The van der Waals surface area contributed by atoms with Crippen molar-refractivity contribution in [3.05, 3.63) is 23.9 Å². The summed E-state index contributed by atoms with van der Waals surface area (Å²) in [6.45, 7) is 3.82. The minimum absolute atomic E-state index is 0.383. The molecule has 2 atom stereocenters. The summed E-state index contributed by atoms with van der Waals surface area (Å²) in [5, 5.41) is 3.76. The van der Waals surface area contributed by atoms with Gasteiger partial charge in [-0.3, -0.25) is 0 Å². The van der Waals surface area contributed by atoms with Crippen molar-refractivity contribution in [2.45, 2.75) is 64.1 Å². The summed E-state index contributed by atoms with van der Waals surface area (Å²) in [5.41, 5.74) is 1.60. The molecule has 0 amide bonds. The van der Waals surface area contributed by atoms with Crippen molar-refractivity contribution in [2.75, 3.05) is 13.7 Å². The van der Waals surface area contributed by atoms with Crippen molar-refractivity contribution in [1.29, 1.82) is 0 Å². The summed E-state index contributed by atoms with van der Waals surface area (Å²) in [5.74, 6) is 0.674. The molecule has 4 heteroatoms. The van der Waals surface area contributed by atoms with E-state index < -0.39 is 0 Å². The monoisotopic (exact) mass is 304 g/mol. The Morgan fingerprint density at radius 2 is 2.09 bits per heavy atom. The van der Waals surface area contributed by atoms with Gasteiger partial charge in [-0.1, -0.05) is 25.3 Å². The zero-order valence-corrected chi connectivity index (χ0v) is 13.8. The number of rotatable bonds is 6. The Morgan fingerprint density at radius 3 is 2.73 bits per heavy atom. The van der Waals surface area contributed by atoms with Crippen LogP contribution in [0.5, 0.6) is 5.88 Å². The first-order valence-corrected chi connectivity index (χ1v) is 8.62. The van der Waals surface area contributed by atoms with E-state index in [0.29, 0.717) is 23.4 Å². The van der Waals surface area contributed by atoms with E-state index in [0.717, 1.165) is 19.6 Å². The predicted octanol–water partition coefficient (Wildman–Crippen LogP) is 3.31. The molecule has 2 fully saturated rings. The van der Waals surface area contributed by atoms with Crippen LogP contribution in [0.2, 0.25) is 0 Å². The van der Waals surface area contributed by atoms with Crippen molar-refractivity contribution in [3.63, 3.8) is 0 Å². The van der Waals surface area contributed by atoms with Crippen LogP contribution in [0.1, 0.15) is 51.0 Å². The molecule has 122 valence electrons. The highest BCUT2D eigenvalue weighted by atomic mass is 16.5. The van der Waals surface area contributed by atoms with E-state index in [9.17, 15) is 0 Å². The highest BCUT2D eigenvalue weighted by Crippen LogP contribution is 2.53. The number of methoxy groups -OCH3 is 1. The summed E-state index contributed by atoms with van der Waals surface area (Å²) < 4.78 is 11.1. The third kappa shape index (κ3) is 2.99. The van der Waals surface area contributed by atoms with Gasteiger partial charge in [0.2, 0.25) is 5.88 Å². The predicted molar refractivity (Wildman–Crippen MR) is 87.0 cm³/mol. The molecule has 0 saturated heterocycles. The van der Waals surface area contributed by atoms with Crippen LogP contribution in [-0.4, -0.2) is 30.8 Å². The zero-order valence-electron chi connectivity index (χ0n) is 13.8. The third-order valence-corrected chi connectivity index (χ3v) is 5.50. The highest BCUT2D eigenvalue weighted by molar-refractivity contribution is 5.18. The second-order valence-corrected chi connectivity index (χ2v) is 6.62. The summed E-state index contributed by atoms with van der Waals surface area (Å²) in [4.78, 5) is 4.28. The van der Waals surface area contributed by atoms with Crippen LogP contribution in [0.15, 0.2) is 18.3 Å². The largest absolute Gasteiger partial charge is 0.481 e. The molecule has 3 rings (SSSR count). The number of nitrogens with one attached hydrogen (secondary N) is 1. The van der Waals surface area contributed by atoms with Crippen LogP contribution in [-0.2, 0) is 11.3 Å². The Labute approximate surface area is 133 Å². The lowest BCUT2D eigenvalue weighted by Crippen LogP contribution is -2.64. The first kappa shape index (κ1) is 15.8. The van der Waals surface area contributed by atoms with E-state index in [-0.39, 0.29) is 0 Å². The molecule has 2 aliphatic rings. The molecule has 1 aromatic heterocycles. The van der Waals surface area contributed by atoms with E-state index in [1.54, 1.807) is 7.11 Å². The zero-order chi connectivity index (χ0) is 15.4. The molecular formula is C18H28N2O2. The van der Waals surface area contributed by atoms with E-state index in [1.807, 2.05) is 12.3 Å². The molecule has 0 unspecified atom stereocenters. The smallest absolute Gasteiger partial charge is 0.212 e. The maximum Gasteiger partial charge on any atom is 0.212 e. The second kappa shape index (κ2) is 6.97. The molecular weight excluding hydrogens is 276 g/mol. The molecule has 1 aromatic rings. The van der Waals surface area contributed by atoms with Crippen molar-refractivity contribution in [1.82, 2.24) is 10.3 Å². The number of hydrogen-bond acceptors (Lipinski definition) is 4. The van der Waals surface area contributed by atoms with Gasteiger partial charge in [0.15, 0.2) is 0 Å². The molecule has 0 bridgehead atoms. The maximum absolute atomic E-state index is 6.01. The second-order valence-electron chi connectivity index (χ2n) is 6.62. The van der Waals surface area contributed by atoms with E-state index in [2.05, 4.69) is 23.3 Å². The van der Waals surface area contributed by atoms with Crippen molar-refractivity contribution >= 4 is 0 Å². The van der Waals surface area contributed by atoms with Crippen LogP contribution in [0.3, 0.4) is 0 Å². The molecule has 22 heavy (non-hydrogen) atoms. The summed E-state index contributed by atoms with van der Waals surface area (Å²) in [6.07, 6.45) is 10.2. The summed E-state index contributed by atoms with van der Waals surface area (Å²) in [6, 6.07) is 4.61. The normalized spacial score (nSPS) is 26.6. The lowest BCUT2D eigenvalue weighted by Gasteiger charge is -2.58. The standard InChI is InChI=1S/C18H28N2O2/c1-3-22-16-11-15(18(16)9-5-4-6-10-18)19-12-14-7-8-17(21-2)20-13-14/h7-8,13,15-16,19H,3-6,9-12H2,1-2H3/t15-,16-/m0/s1. The van der Waals surface area contributed by atoms with Gasteiger partial charge in [-0.25, -0.2) is 4.98 Å². The fraction of sp³-hybridized carbons (Fsp3) is 0.722. The SMILES string of the molecule is CCO[C@H]1C[C@H](NCc2ccc(OC)nc2)C12CCCCC2. The van der Waals surface area contributed by atoms with Gasteiger partial charge < -0.3 is 14.8 Å². The first-order valence-electron chi connectivity index (χ1n) is 8.62. The van der Waals surface area contributed by atoms with Crippen LogP contribution < -0.4 is 10.1 Å². The Balaban J connectivity index is 1.59. The number of ether oxygens (including phenoxy) is 2. The highest BCUT2D eigenvalue weighted by Gasteiger charge is 2.55. The molecule has 0 aromatic carbocycles. The Bertz CT molecular complexity index is 468. The first-order chi connectivity index (χ1) is 10.8. The Morgan fingerprint density at radius 1 is 1.27 bits per heavy atom. The lowest BCUT2D eigenvalue weighted by atomic mass is 9.55. The molecule has 0 aliphatic heterocycles. The molecule has 4 nitrogen and oxygen atoms in total. The fourth-order valence-electron chi connectivity index (χ4n) is 4.23. The van der Waals surface area contributed by atoms with Gasteiger partial charge >= 0.3 is 0 Å². The average molecular weight is 304 g/mol. The Hall–Kier alpha value is -1.13. The minimum Gasteiger partial charge on any atom is -0.481 e. The summed E-state index contributed by atoms with van der Waals surface area (Å²) >= 11 is 0. The van der Waals surface area contributed by atoms with E-state index in [1.165, 1.54) is 37.7 Å². The number of nitrogens with zero attached hydrogens (tertiary/aromatic N) is 1. The molecule has 0 radical (unpaired) electrons. The lowest BCUT2D eigenvalue weighted by molar-refractivity contribution is -0.150. The van der Waals surface area contributed by atoms with Crippen molar-refractivity contribution in [2.24, 2.45) is 5.41 Å². The number of aromatic nitrogens is 1. The minimum atomic E-state index is 0.383. The number of pyridine rings is 1. The third-order valence-electron chi connectivity index (χ3n) is 5.50. The average Bonchev–Trinajstić information content (AvgIpc) is 2.58. The fourth-order valence-corrected chi connectivity index (χ4v) is 4.23. The Kier molecular flexibility index (Phi) is 4.99. The van der Waals surface area contributed by atoms with Gasteiger partial charge in [-0.05, 0) is 31.7 Å². The summed E-state index contributed by atoms with van der Waals surface area (Å²) in [7, 11) is 1.65. The molecule has 1 N–H and O–H groups in total. The maximum atomic E-state index is 6.01.